The summed E-state index contributed by atoms with van der Waals surface area (Å²) >= 11 is 6.34. The molecular formula is C25H45ClO5Si. The summed E-state index contributed by atoms with van der Waals surface area (Å²) in [5.41, 5.74) is -0.856. The number of hydrogen-bond donors (Lipinski definition) is 2. The number of aliphatic carboxylic acids is 1. The third-order valence-corrected chi connectivity index (χ3v) is 7.48. The maximum absolute atomic E-state index is 13.0. The zero-order chi connectivity index (χ0) is 24.5. The largest absolute Gasteiger partial charge is 0.481 e. The van der Waals surface area contributed by atoms with Gasteiger partial charge < -0.3 is 14.6 Å². The van der Waals surface area contributed by atoms with Gasteiger partial charge in [0.15, 0.2) is 14.1 Å². The van der Waals surface area contributed by atoms with Crippen LogP contribution in [0.1, 0.15) is 85.0 Å². The van der Waals surface area contributed by atoms with Crippen LogP contribution in [0.3, 0.4) is 0 Å². The Bertz CT molecular complexity index is 643. The van der Waals surface area contributed by atoms with Crippen molar-refractivity contribution in [2.75, 3.05) is 0 Å². The monoisotopic (exact) mass is 488 g/mol. The number of carboxylic acids is 1. The standard InChI is InChI=1S/C25H45ClO5Si/c1-18(2)11-10-12-19(3)15-16-25(31-32(4,5)6)17-20(26)24(30)23(25)21(27)13-8-7-9-14-22(28)29/h17-19,21,23,27H,7-16H2,1-6H3,(H,28,29). The summed E-state index contributed by atoms with van der Waals surface area (Å²) in [6, 6.07) is 0. The quantitative estimate of drug-likeness (QED) is 0.190. The smallest absolute Gasteiger partial charge is 0.303 e. The van der Waals surface area contributed by atoms with E-state index in [1.165, 1.54) is 12.8 Å². The van der Waals surface area contributed by atoms with E-state index < -0.39 is 31.9 Å². The highest BCUT2D eigenvalue weighted by Gasteiger charge is 2.53. The molecule has 0 aromatic carbocycles. The first-order valence-electron chi connectivity index (χ1n) is 12.3. The van der Waals surface area contributed by atoms with E-state index in [-0.39, 0.29) is 17.2 Å². The zero-order valence-electron chi connectivity index (χ0n) is 21.0. The highest BCUT2D eigenvalue weighted by Crippen LogP contribution is 2.45. The van der Waals surface area contributed by atoms with Crippen molar-refractivity contribution in [1.82, 2.24) is 0 Å². The Kier molecular flexibility index (Phi) is 12.2. The molecule has 0 saturated carbocycles. The number of hydrogen-bond acceptors (Lipinski definition) is 4. The van der Waals surface area contributed by atoms with Crippen LogP contribution in [-0.4, -0.2) is 42.0 Å². The number of ketones is 1. The first-order chi connectivity index (χ1) is 14.8. The second-order valence-electron chi connectivity index (χ2n) is 11.0. The van der Waals surface area contributed by atoms with E-state index in [0.29, 0.717) is 43.9 Å². The molecule has 1 aliphatic rings. The van der Waals surface area contributed by atoms with Gasteiger partial charge in [-0.25, -0.2) is 0 Å². The Morgan fingerprint density at radius 2 is 1.75 bits per heavy atom. The highest BCUT2D eigenvalue weighted by atomic mass is 35.5. The Labute approximate surface area is 201 Å². The number of halogens is 1. The van der Waals surface area contributed by atoms with Gasteiger partial charge in [-0.15, -0.1) is 0 Å². The van der Waals surface area contributed by atoms with E-state index in [4.69, 9.17) is 21.1 Å². The molecule has 0 bridgehead atoms. The summed E-state index contributed by atoms with van der Waals surface area (Å²) in [5, 5.41) is 20.0. The third kappa shape index (κ3) is 10.1. The van der Waals surface area contributed by atoms with E-state index in [1.54, 1.807) is 6.08 Å². The van der Waals surface area contributed by atoms with Gasteiger partial charge in [-0.2, -0.15) is 0 Å². The van der Waals surface area contributed by atoms with Crippen LogP contribution in [0.2, 0.25) is 19.6 Å². The van der Waals surface area contributed by atoms with Crippen molar-refractivity contribution in [3.05, 3.63) is 11.1 Å². The Morgan fingerprint density at radius 3 is 2.31 bits per heavy atom. The van der Waals surface area contributed by atoms with Gasteiger partial charge in [-0.05, 0) is 63.2 Å². The fourth-order valence-corrected chi connectivity index (χ4v) is 6.38. The molecule has 1 aliphatic carbocycles. The first-order valence-corrected chi connectivity index (χ1v) is 16.1. The molecule has 0 saturated heterocycles. The van der Waals surface area contributed by atoms with Crippen LogP contribution in [0.15, 0.2) is 11.1 Å². The summed E-state index contributed by atoms with van der Waals surface area (Å²) < 4.78 is 6.63. The van der Waals surface area contributed by atoms with Gasteiger partial charge in [0.1, 0.15) is 0 Å². The van der Waals surface area contributed by atoms with Gasteiger partial charge >= 0.3 is 5.97 Å². The minimum atomic E-state index is -2.04. The maximum atomic E-state index is 13.0. The number of carboxylic acid groups (broad SMARTS) is 1. The number of aliphatic hydroxyl groups excluding tert-OH is 1. The third-order valence-electron chi connectivity index (χ3n) is 6.19. The highest BCUT2D eigenvalue weighted by molar-refractivity contribution is 6.70. The normalized spacial score (nSPS) is 23.5. The molecule has 0 aliphatic heterocycles. The molecule has 4 unspecified atom stereocenters. The van der Waals surface area contributed by atoms with Crippen LogP contribution in [0.4, 0.5) is 0 Å². The summed E-state index contributed by atoms with van der Waals surface area (Å²) in [7, 11) is -2.04. The summed E-state index contributed by atoms with van der Waals surface area (Å²) in [4.78, 5) is 23.7. The number of aliphatic hydroxyl groups is 1. The first kappa shape index (κ1) is 29.3. The van der Waals surface area contributed by atoms with Crippen molar-refractivity contribution in [1.29, 1.82) is 0 Å². The fourth-order valence-electron chi connectivity index (χ4n) is 4.65. The van der Waals surface area contributed by atoms with Crippen molar-refractivity contribution >= 4 is 31.7 Å². The lowest BCUT2D eigenvalue weighted by molar-refractivity contribution is -0.137. The number of rotatable bonds is 16. The van der Waals surface area contributed by atoms with Crippen molar-refractivity contribution in [3.8, 4) is 0 Å². The van der Waals surface area contributed by atoms with Gasteiger partial charge in [-0.3, -0.25) is 9.59 Å². The molecule has 0 spiro atoms. The molecule has 0 aromatic rings. The average molecular weight is 489 g/mol. The minimum absolute atomic E-state index is 0.128. The molecular weight excluding hydrogens is 444 g/mol. The number of unbranched alkanes of at least 4 members (excludes halogenated alkanes) is 2. The zero-order valence-corrected chi connectivity index (χ0v) is 22.7. The lowest BCUT2D eigenvalue weighted by Crippen LogP contribution is -2.51. The average Bonchev–Trinajstić information content (AvgIpc) is 2.87. The molecule has 186 valence electrons. The Balaban J connectivity index is 2.90. The fraction of sp³-hybridized carbons (Fsp3) is 0.840. The van der Waals surface area contributed by atoms with Crippen LogP contribution in [-0.2, 0) is 14.0 Å². The SMILES string of the molecule is CC(C)CCCC(C)CCC1(O[Si](C)(C)C)C=C(Cl)C(=O)C1C(O)CCCCCC(=O)O. The van der Waals surface area contributed by atoms with Gasteiger partial charge in [-0.1, -0.05) is 64.5 Å². The van der Waals surface area contributed by atoms with Gasteiger partial charge in [0.2, 0.25) is 0 Å². The number of Topliss-reactive ketones (excluding diaryl/α,β-unsaturated/α-hetero) is 1. The van der Waals surface area contributed by atoms with Crippen LogP contribution < -0.4 is 0 Å². The molecule has 0 heterocycles. The minimum Gasteiger partial charge on any atom is -0.481 e. The van der Waals surface area contributed by atoms with Gasteiger partial charge in [0.05, 0.1) is 22.7 Å². The Morgan fingerprint density at radius 1 is 1.09 bits per heavy atom. The predicted octanol–water partition coefficient (Wildman–Crippen LogP) is 6.54. The van der Waals surface area contributed by atoms with E-state index in [2.05, 4.69) is 40.4 Å². The molecule has 0 fully saturated rings. The van der Waals surface area contributed by atoms with Crippen molar-refractivity contribution < 1.29 is 24.2 Å². The molecule has 0 radical (unpaired) electrons. The summed E-state index contributed by atoms with van der Waals surface area (Å²) in [5.74, 6) is -0.516. The molecule has 1 rings (SSSR count). The van der Waals surface area contributed by atoms with Crippen LogP contribution >= 0.6 is 11.6 Å². The van der Waals surface area contributed by atoms with Crippen LogP contribution in [0, 0.1) is 17.8 Å². The summed E-state index contributed by atoms with van der Waals surface area (Å²) in [6.45, 7) is 13.0. The number of carbonyl (C=O) groups is 2. The lowest BCUT2D eigenvalue weighted by Gasteiger charge is -2.41. The molecule has 4 atom stereocenters. The number of allylic oxidation sites excluding steroid dienone is 1. The summed E-state index contributed by atoms with van der Waals surface area (Å²) in [6.07, 6.45) is 8.57. The van der Waals surface area contributed by atoms with E-state index >= 15 is 0 Å². The molecule has 2 N–H and O–H groups in total. The Hall–Kier alpha value is -0.693. The predicted molar refractivity (Wildman–Crippen MR) is 133 cm³/mol. The topological polar surface area (TPSA) is 83.8 Å². The van der Waals surface area contributed by atoms with Crippen molar-refractivity contribution in [2.45, 2.75) is 116 Å². The van der Waals surface area contributed by atoms with E-state index in [0.717, 1.165) is 12.8 Å². The van der Waals surface area contributed by atoms with Crippen LogP contribution in [0.5, 0.6) is 0 Å². The van der Waals surface area contributed by atoms with Gasteiger partial charge in [0.25, 0.3) is 0 Å². The molecule has 32 heavy (non-hydrogen) atoms. The molecule has 0 amide bonds. The van der Waals surface area contributed by atoms with Crippen LogP contribution in [0.25, 0.3) is 0 Å². The second-order valence-corrected chi connectivity index (χ2v) is 15.9. The molecule has 0 aromatic heterocycles. The second kappa shape index (κ2) is 13.3. The molecule has 7 heteroatoms. The number of carbonyl (C=O) groups excluding carboxylic acids is 1. The van der Waals surface area contributed by atoms with E-state index in [1.807, 2.05) is 0 Å². The molecule has 5 nitrogen and oxygen atoms in total. The van der Waals surface area contributed by atoms with Crippen molar-refractivity contribution in [2.24, 2.45) is 17.8 Å². The lowest BCUT2D eigenvalue weighted by atomic mass is 9.78. The van der Waals surface area contributed by atoms with Crippen molar-refractivity contribution in [3.63, 3.8) is 0 Å². The maximum Gasteiger partial charge on any atom is 0.303 e. The van der Waals surface area contributed by atoms with E-state index in [9.17, 15) is 14.7 Å². The van der Waals surface area contributed by atoms with Gasteiger partial charge in [0, 0.05) is 6.42 Å².